The lowest BCUT2D eigenvalue weighted by Crippen LogP contribution is -2.27. The number of aryl methyl sites for hydroxylation is 1. The number of hydrogen-bond acceptors (Lipinski definition) is 3. The molecule has 0 unspecified atom stereocenters. The van der Waals surface area contributed by atoms with E-state index in [0.717, 1.165) is 48.2 Å². The van der Waals surface area contributed by atoms with E-state index in [2.05, 4.69) is 10.4 Å². The van der Waals surface area contributed by atoms with E-state index in [-0.39, 0.29) is 5.91 Å². The molecule has 1 aromatic heterocycles. The van der Waals surface area contributed by atoms with Crippen molar-refractivity contribution in [1.82, 2.24) is 9.78 Å². The maximum atomic E-state index is 12.8. The van der Waals surface area contributed by atoms with Gasteiger partial charge in [-0.25, -0.2) is 0 Å². The van der Waals surface area contributed by atoms with Gasteiger partial charge in [-0.1, -0.05) is 11.6 Å². The molecule has 25 heavy (non-hydrogen) atoms. The minimum atomic E-state index is -0.527. The normalized spacial score (nSPS) is 19.6. The van der Waals surface area contributed by atoms with Crippen molar-refractivity contribution in [2.75, 3.05) is 5.32 Å². The fourth-order valence-electron chi connectivity index (χ4n) is 3.85. The summed E-state index contributed by atoms with van der Waals surface area (Å²) in [7, 11) is 0. The number of rotatable bonds is 2. The average Bonchev–Trinajstić information content (AvgIpc) is 2.89. The van der Waals surface area contributed by atoms with Crippen molar-refractivity contribution in [2.24, 2.45) is 5.73 Å². The fraction of sp³-hybridized carbons (Fsp3) is 0.389. The molecular weight excluding hydrogens is 340 g/mol. The quantitative estimate of drug-likeness (QED) is 0.864. The van der Waals surface area contributed by atoms with Crippen LogP contribution in [-0.2, 0) is 24.1 Å². The van der Waals surface area contributed by atoms with Gasteiger partial charge >= 0.3 is 0 Å². The maximum absolute atomic E-state index is 12.8. The van der Waals surface area contributed by atoms with Crippen molar-refractivity contribution in [3.63, 3.8) is 0 Å². The minimum Gasteiger partial charge on any atom is -0.364 e. The van der Waals surface area contributed by atoms with Crippen molar-refractivity contribution < 1.29 is 9.59 Å². The predicted octanol–water partition coefficient (Wildman–Crippen LogP) is 2.64. The summed E-state index contributed by atoms with van der Waals surface area (Å²) >= 11 is 6.07. The van der Waals surface area contributed by atoms with Gasteiger partial charge in [0.25, 0.3) is 5.91 Å². The zero-order valence-electron chi connectivity index (χ0n) is 13.7. The standard InChI is InChI=1S/C18H19ClN4O2/c19-11-6-7-13-10(9-11)5-8-15(18(25)21-13)23-14-4-2-1-3-12(14)16(22-23)17(20)24/h6-7,9,15H,1-5,8H2,(H2,20,24)(H,21,25)/t15-/m0/s1. The van der Waals surface area contributed by atoms with E-state index in [9.17, 15) is 9.59 Å². The molecule has 2 aromatic rings. The van der Waals surface area contributed by atoms with Crippen LogP contribution in [0.2, 0.25) is 5.02 Å². The lowest BCUT2D eigenvalue weighted by molar-refractivity contribution is -0.119. The number of nitrogens with one attached hydrogen (secondary N) is 1. The molecule has 0 radical (unpaired) electrons. The van der Waals surface area contributed by atoms with E-state index >= 15 is 0 Å². The molecule has 4 rings (SSSR count). The molecule has 2 aliphatic rings. The third kappa shape index (κ3) is 2.80. The van der Waals surface area contributed by atoms with Gasteiger partial charge in [0.2, 0.25) is 5.91 Å². The van der Waals surface area contributed by atoms with Crippen LogP contribution in [0.15, 0.2) is 18.2 Å². The van der Waals surface area contributed by atoms with Gasteiger partial charge in [-0.3, -0.25) is 14.3 Å². The van der Waals surface area contributed by atoms with Gasteiger partial charge in [-0.05, 0) is 62.3 Å². The molecule has 1 aromatic carbocycles. The first kappa shape index (κ1) is 16.1. The lowest BCUT2D eigenvalue weighted by Gasteiger charge is -2.19. The monoisotopic (exact) mass is 358 g/mol. The Kier molecular flexibility index (Phi) is 4.00. The molecule has 6 nitrogen and oxygen atoms in total. The second-order valence-corrected chi connectivity index (χ2v) is 7.07. The molecular formula is C18H19ClN4O2. The van der Waals surface area contributed by atoms with Gasteiger partial charge < -0.3 is 11.1 Å². The van der Waals surface area contributed by atoms with Gasteiger partial charge in [0.05, 0.1) is 0 Å². The van der Waals surface area contributed by atoms with Crippen LogP contribution in [0.4, 0.5) is 5.69 Å². The molecule has 0 fully saturated rings. The molecule has 2 amide bonds. The first-order valence-corrected chi connectivity index (χ1v) is 8.91. The molecule has 3 N–H and O–H groups in total. The Bertz CT molecular complexity index is 874. The van der Waals surface area contributed by atoms with E-state index in [0.29, 0.717) is 23.6 Å². The summed E-state index contributed by atoms with van der Waals surface area (Å²) < 4.78 is 1.73. The van der Waals surface area contributed by atoms with Crippen molar-refractivity contribution in [3.8, 4) is 0 Å². The number of halogens is 1. The van der Waals surface area contributed by atoms with Crippen LogP contribution in [0.25, 0.3) is 0 Å². The van der Waals surface area contributed by atoms with Gasteiger partial charge in [0.15, 0.2) is 5.69 Å². The van der Waals surface area contributed by atoms with Crippen LogP contribution in [0.1, 0.15) is 52.6 Å². The summed E-state index contributed by atoms with van der Waals surface area (Å²) in [6.07, 6.45) is 4.96. The summed E-state index contributed by atoms with van der Waals surface area (Å²) in [6, 6.07) is 5.02. The van der Waals surface area contributed by atoms with Gasteiger partial charge in [0, 0.05) is 22.0 Å². The highest BCUT2D eigenvalue weighted by Gasteiger charge is 2.32. The zero-order chi connectivity index (χ0) is 17.6. The highest BCUT2D eigenvalue weighted by atomic mass is 35.5. The van der Waals surface area contributed by atoms with E-state index in [1.807, 2.05) is 12.1 Å². The Hall–Kier alpha value is -2.34. The Morgan fingerprint density at radius 3 is 2.88 bits per heavy atom. The summed E-state index contributed by atoms with van der Waals surface area (Å²) in [6.45, 7) is 0. The molecule has 0 saturated heterocycles. The summed E-state index contributed by atoms with van der Waals surface area (Å²) in [5.41, 5.74) is 9.50. The molecule has 2 heterocycles. The molecule has 0 saturated carbocycles. The van der Waals surface area contributed by atoms with Crippen molar-refractivity contribution in [1.29, 1.82) is 0 Å². The van der Waals surface area contributed by atoms with Gasteiger partial charge in [-0.15, -0.1) is 0 Å². The number of nitrogens with two attached hydrogens (primary N) is 1. The first-order chi connectivity index (χ1) is 12.0. The fourth-order valence-corrected chi connectivity index (χ4v) is 4.04. The van der Waals surface area contributed by atoms with Crippen LogP contribution in [-0.4, -0.2) is 21.6 Å². The van der Waals surface area contributed by atoms with Crippen molar-refractivity contribution >= 4 is 29.1 Å². The molecule has 1 atom stereocenters. The first-order valence-electron chi connectivity index (χ1n) is 8.54. The number of aromatic nitrogens is 2. The third-order valence-corrected chi connectivity index (χ3v) is 5.29. The number of benzene rings is 1. The number of nitrogens with zero attached hydrogens (tertiary/aromatic N) is 2. The summed E-state index contributed by atoms with van der Waals surface area (Å²) in [4.78, 5) is 24.6. The number of hydrogen-bond donors (Lipinski definition) is 2. The van der Waals surface area contributed by atoms with Crippen LogP contribution in [0.5, 0.6) is 0 Å². The van der Waals surface area contributed by atoms with E-state index in [1.165, 1.54) is 0 Å². The van der Waals surface area contributed by atoms with Crippen LogP contribution >= 0.6 is 11.6 Å². The highest BCUT2D eigenvalue weighted by Crippen LogP contribution is 2.32. The SMILES string of the molecule is NC(=O)c1nn([C@H]2CCc3cc(Cl)ccc3NC2=O)c2c1CCCC2. The zero-order valence-corrected chi connectivity index (χ0v) is 14.5. The van der Waals surface area contributed by atoms with E-state index < -0.39 is 11.9 Å². The van der Waals surface area contributed by atoms with Gasteiger partial charge in [0.1, 0.15) is 6.04 Å². The third-order valence-electron chi connectivity index (χ3n) is 5.05. The molecule has 0 spiro atoms. The molecule has 0 bridgehead atoms. The Balaban J connectivity index is 1.73. The van der Waals surface area contributed by atoms with Crippen LogP contribution in [0, 0.1) is 0 Å². The van der Waals surface area contributed by atoms with Crippen LogP contribution < -0.4 is 11.1 Å². The Morgan fingerprint density at radius 2 is 2.08 bits per heavy atom. The van der Waals surface area contributed by atoms with Crippen LogP contribution in [0.3, 0.4) is 0 Å². The number of primary amides is 1. The largest absolute Gasteiger partial charge is 0.364 e. The maximum Gasteiger partial charge on any atom is 0.269 e. The number of fused-ring (bicyclic) bond motifs is 2. The Labute approximate surface area is 150 Å². The second kappa shape index (κ2) is 6.19. The summed E-state index contributed by atoms with van der Waals surface area (Å²) in [5, 5.41) is 8.06. The number of carbonyl (C=O) groups is 2. The van der Waals surface area contributed by atoms with E-state index in [1.54, 1.807) is 10.7 Å². The molecule has 1 aliphatic carbocycles. The van der Waals surface area contributed by atoms with E-state index in [4.69, 9.17) is 17.3 Å². The smallest absolute Gasteiger partial charge is 0.269 e. The molecule has 7 heteroatoms. The minimum absolute atomic E-state index is 0.118. The second-order valence-electron chi connectivity index (χ2n) is 6.63. The number of carbonyl (C=O) groups excluding carboxylic acids is 2. The Morgan fingerprint density at radius 1 is 1.28 bits per heavy atom. The average molecular weight is 359 g/mol. The number of anilines is 1. The molecule has 130 valence electrons. The predicted molar refractivity (Wildman–Crippen MR) is 94.8 cm³/mol. The van der Waals surface area contributed by atoms with Crippen molar-refractivity contribution in [3.05, 3.63) is 45.7 Å². The summed E-state index contributed by atoms with van der Waals surface area (Å²) in [5.74, 6) is -0.644. The number of amides is 2. The topological polar surface area (TPSA) is 90.0 Å². The van der Waals surface area contributed by atoms with Crippen molar-refractivity contribution in [2.45, 2.75) is 44.6 Å². The lowest BCUT2D eigenvalue weighted by atomic mass is 9.95. The van der Waals surface area contributed by atoms with Gasteiger partial charge in [-0.2, -0.15) is 5.10 Å². The highest BCUT2D eigenvalue weighted by molar-refractivity contribution is 6.30. The molecule has 1 aliphatic heterocycles.